The van der Waals surface area contributed by atoms with E-state index in [4.69, 9.17) is 0 Å². The number of aryl methyl sites for hydroxylation is 1. The molecule has 1 aromatic rings. The minimum Gasteiger partial charge on any atom is -0.307 e. The van der Waals surface area contributed by atoms with Gasteiger partial charge in [0.2, 0.25) is 0 Å². The highest BCUT2D eigenvalue weighted by Gasteiger charge is 2.25. The third kappa shape index (κ3) is 3.85. The molecule has 1 N–H and O–H groups in total. The highest BCUT2D eigenvalue weighted by Crippen LogP contribution is 2.34. The first-order chi connectivity index (χ1) is 8.19. The molecule has 1 nitrogen and oxygen atoms in total. The predicted molar refractivity (Wildman–Crippen MR) is 74.1 cm³/mol. The van der Waals surface area contributed by atoms with E-state index in [1.54, 1.807) is 0 Å². The van der Waals surface area contributed by atoms with Crippen LogP contribution in [-0.2, 0) is 0 Å². The van der Waals surface area contributed by atoms with Gasteiger partial charge in [-0.1, -0.05) is 49.6 Å². The van der Waals surface area contributed by atoms with Crippen LogP contribution in [0, 0.1) is 12.8 Å². The van der Waals surface area contributed by atoms with Crippen molar-refractivity contribution in [3.8, 4) is 0 Å². The lowest BCUT2D eigenvalue weighted by molar-refractivity contribution is 0.404. The Morgan fingerprint density at radius 1 is 1.24 bits per heavy atom. The Kier molecular flexibility index (Phi) is 4.22. The molecule has 1 heteroatoms. The van der Waals surface area contributed by atoms with Gasteiger partial charge in [-0.15, -0.1) is 0 Å². The summed E-state index contributed by atoms with van der Waals surface area (Å²) < 4.78 is 0. The fourth-order valence-corrected chi connectivity index (χ4v) is 2.41. The lowest BCUT2D eigenvalue weighted by Gasteiger charge is -2.22. The molecular formula is C16H25N. The standard InChI is InChI=1S/C16H25N/c1-4-16(11-14-7-8-14)17-13(3)15-9-5-12(2)6-10-15/h5-6,9-10,13-14,16-17H,4,7-8,11H2,1-3H3. The maximum atomic E-state index is 3.77. The first-order valence-electron chi connectivity index (χ1n) is 7.01. The van der Waals surface area contributed by atoms with Gasteiger partial charge in [0.15, 0.2) is 0 Å². The van der Waals surface area contributed by atoms with Crippen LogP contribution in [0.5, 0.6) is 0 Å². The van der Waals surface area contributed by atoms with Crippen molar-refractivity contribution in [1.82, 2.24) is 5.32 Å². The van der Waals surface area contributed by atoms with Crippen LogP contribution in [0.2, 0.25) is 0 Å². The second-order valence-corrected chi connectivity index (χ2v) is 5.58. The van der Waals surface area contributed by atoms with Crippen LogP contribution in [-0.4, -0.2) is 6.04 Å². The third-order valence-corrected chi connectivity index (χ3v) is 3.87. The molecule has 1 aromatic carbocycles. The first-order valence-corrected chi connectivity index (χ1v) is 7.01. The molecule has 0 aliphatic heterocycles. The van der Waals surface area contributed by atoms with Gasteiger partial charge >= 0.3 is 0 Å². The molecule has 94 valence electrons. The number of rotatable bonds is 6. The van der Waals surface area contributed by atoms with Gasteiger partial charge in [-0.05, 0) is 38.2 Å². The molecule has 17 heavy (non-hydrogen) atoms. The van der Waals surface area contributed by atoms with E-state index in [9.17, 15) is 0 Å². The lowest BCUT2D eigenvalue weighted by atomic mass is 10.0. The predicted octanol–water partition coefficient (Wildman–Crippen LogP) is 4.22. The van der Waals surface area contributed by atoms with Crippen molar-refractivity contribution in [2.24, 2.45) is 5.92 Å². The molecule has 2 unspecified atom stereocenters. The van der Waals surface area contributed by atoms with Crippen LogP contribution in [0.3, 0.4) is 0 Å². The van der Waals surface area contributed by atoms with Gasteiger partial charge in [0.1, 0.15) is 0 Å². The summed E-state index contributed by atoms with van der Waals surface area (Å²) in [5.74, 6) is 1.01. The van der Waals surface area contributed by atoms with Crippen LogP contribution < -0.4 is 5.32 Å². The number of hydrogen-bond acceptors (Lipinski definition) is 1. The largest absolute Gasteiger partial charge is 0.307 e. The summed E-state index contributed by atoms with van der Waals surface area (Å²) >= 11 is 0. The van der Waals surface area contributed by atoms with E-state index in [0.29, 0.717) is 12.1 Å². The van der Waals surface area contributed by atoms with Gasteiger partial charge in [0, 0.05) is 12.1 Å². The molecule has 0 saturated heterocycles. The highest BCUT2D eigenvalue weighted by molar-refractivity contribution is 5.23. The highest BCUT2D eigenvalue weighted by atomic mass is 14.9. The second kappa shape index (κ2) is 5.68. The Hall–Kier alpha value is -0.820. The molecule has 1 aliphatic carbocycles. The van der Waals surface area contributed by atoms with E-state index in [-0.39, 0.29) is 0 Å². The summed E-state index contributed by atoms with van der Waals surface area (Å²) in [6, 6.07) is 10.1. The Balaban J connectivity index is 1.89. The molecule has 1 saturated carbocycles. The zero-order chi connectivity index (χ0) is 12.3. The van der Waals surface area contributed by atoms with Crippen LogP contribution in [0.1, 0.15) is 56.7 Å². The number of nitrogens with one attached hydrogen (secondary N) is 1. The molecule has 0 amide bonds. The summed E-state index contributed by atoms with van der Waals surface area (Å²) in [5, 5.41) is 3.77. The second-order valence-electron chi connectivity index (χ2n) is 5.58. The van der Waals surface area contributed by atoms with E-state index < -0.39 is 0 Å². The van der Waals surface area contributed by atoms with Gasteiger partial charge in [-0.3, -0.25) is 0 Å². The number of benzene rings is 1. The van der Waals surface area contributed by atoms with E-state index in [1.165, 1.54) is 36.8 Å². The molecule has 2 rings (SSSR count). The Bertz CT molecular complexity index is 337. The van der Waals surface area contributed by atoms with E-state index in [1.807, 2.05) is 0 Å². The molecule has 0 spiro atoms. The summed E-state index contributed by atoms with van der Waals surface area (Å²) in [6.07, 6.45) is 5.52. The average molecular weight is 231 g/mol. The lowest BCUT2D eigenvalue weighted by Crippen LogP contribution is -2.31. The minimum atomic E-state index is 0.472. The minimum absolute atomic E-state index is 0.472. The van der Waals surface area contributed by atoms with Gasteiger partial charge < -0.3 is 5.32 Å². The van der Waals surface area contributed by atoms with Crippen molar-refractivity contribution in [3.05, 3.63) is 35.4 Å². The van der Waals surface area contributed by atoms with Crippen molar-refractivity contribution in [2.45, 2.75) is 58.5 Å². The maximum Gasteiger partial charge on any atom is 0.0294 e. The quantitative estimate of drug-likeness (QED) is 0.772. The molecular weight excluding hydrogens is 206 g/mol. The molecule has 1 fully saturated rings. The van der Waals surface area contributed by atoms with Crippen LogP contribution in [0.4, 0.5) is 0 Å². The number of hydrogen-bond donors (Lipinski definition) is 1. The summed E-state index contributed by atoms with van der Waals surface area (Å²) in [5.41, 5.74) is 2.75. The fraction of sp³-hybridized carbons (Fsp3) is 0.625. The summed E-state index contributed by atoms with van der Waals surface area (Å²) in [6.45, 7) is 6.71. The normalized spacial score (nSPS) is 19.0. The molecule has 1 aliphatic rings. The van der Waals surface area contributed by atoms with Crippen molar-refractivity contribution in [2.75, 3.05) is 0 Å². The van der Waals surface area contributed by atoms with Crippen LogP contribution >= 0.6 is 0 Å². The average Bonchev–Trinajstić information content (AvgIpc) is 3.13. The molecule has 0 heterocycles. The fourth-order valence-electron chi connectivity index (χ4n) is 2.41. The van der Waals surface area contributed by atoms with Crippen molar-refractivity contribution >= 4 is 0 Å². The Morgan fingerprint density at radius 3 is 2.41 bits per heavy atom. The SMILES string of the molecule is CCC(CC1CC1)NC(C)c1ccc(C)cc1. The smallest absolute Gasteiger partial charge is 0.0294 e. The van der Waals surface area contributed by atoms with Gasteiger partial charge in [0.25, 0.3) is 0 Å². The monoisotopic (exact) mass is 231 g/mol. The Labute approximate surface area is 106 Å². The van der Waals surface area contributed by atoms with Crippen molar-refractivity contribution < 1.29 is 0 Å². The molecule has 0 radical (unpaired) electrons. The maximum absolute atomic E-state index is 3.77. The Morgan fingerprint density at radius 2 is 1.88 bits per heavy atom. The molecule has 0 bridgehead atoms. The summed E-state index contributed by atoms with van der Waals surface area (Å²) in [4.78, 5) is 0. The van der Waals surface area contributed by atoms with E-state index in [2.05, 4.69) is 50.4 Å². The van der Waals surface area contributed by atoms with Gasteiger partial charge in [-0.2, -0.15) is 0 Å². The van der Waals surface area contributed by atoms with E-state index in [0.717, 1.165) is 5.92 Å². The van der Waals surface area contributed by atoms with Gasteiger partial charge in [0.05, 0.1) is 0 Å². The zero-order valence-corrected chi connectivity index (χ0v) is 11.4. The van der Waals surface area contributed by atoms with Crippen molar-refractivity contribution in [3.63, 3.8) is 0 Å². The molecule has 0 aromatic heterocycles. The van der Waals surface area contributed by atoms with Crippen molar-refractivity contribution in [1.29, 1.82) is 0 Å². The van der Waals surface area contributed by atoms with E-state index >= 15 is 0 Å². The first kappa shape index (κ1) is 12.6. The topological polar surface area (TPSA) is 12.0 Å². The van der Waals surface area contributed by atoms with Gasteiger partial charge in [-0.25, -0.2) is 0 Å². The van der Waals surface area contributed by atoms with Crippen LogP contribution in [0.15, 0.2) is 24.3 Å². The zero-order valence-electron chi connectivity index (χ0n) is 11.4. The van der Waals surface area contributed by atoms with Crippen LogP contribution in [0.25, 0.3) is 0 Å². The summed E-state index contributed by atoms with van der Waals surface area (Å²) in [7, 11) is 0. The molecule has 2 atom stereocenters. The third-order valence-electron chi connectivity index (χ3n) is 3.87.